The lowest BCUT2D eigenvalue weighted by atomic mass is 9.99. The molecule has 1 saturated carbocycles. The van der Waals surface area contributed by atoms with Crippen LogP contribution in [0.4, 0.5) is 4.79 Å². The van der Waals surface area contributed by atoms with Gasteiger partial charge in [-0.15, -0.1) is 0 Å². The quantitative estimate of drug-likeness (QED) is 0.479. The Hall–Kier alpha value is -0.770. The maximum Gasteiger partial charge on any atom is 0.407 e. The normalized spacial score (nSPS) is 15.5. The highest BCUT2D eigenvalue weighted by molar-refractivity contribution is 5.67. The van der Waals surface area contributed by atoms with Crippen molar-refractivity contribution < 1.29 is 14.3 Å². The molecule has 0 saturated heterocycles. The topological polar surface area (TPSA) is 47.6 Å². The minimum Gasteiger partial charge on any atom is -0.443 e. The molecule has 1 fully saturated rings. The molecular formula is C20H41NO3. The number of amides is 1. The van der Waals surface area contributed by atoms with Crippen LogP contribution in [0.3, 0.4) is 0 Å². The van der Waals surface area contributed by atoms with Crippen molar-refractivity contribution in [3.8, 4) is 0 Å². The highest BCUT2D eigenvalue weighted by Crippen LogP contribution is 2.35. The van der Waals surface area contributed by atoms with Crippen LogP contribution in [0.25, 0.3) is 0 Å². The number of hydrogen-bond acceptors (Lipinski definition) is 3. The van der Waals surface area contributed by atoms with Crippen molar-refractivity contribution in [3.05, 3.63) is 0 Å². The van der Waals surface area contributed by atoms with Crippen molar-refractivity contribution in [1.82, 2.24) is 5.32 Å². The molecule has 4 nitrogen and oxygen atoms in total. The van der Waals surface area contributed by atoms with Gasteiger partial charge in [-0.05, 0) is 45.4 Å². The van der Waals surface area contributed by atoms with E-state index in [0.717, 1.165) is 38.8 Å². The largest absolute Gasteiger partial charge is 0.443 e. The molecule has 24 heavy (non-hydrogen) atoms. The molecule has 0 radical (unpaired) electrons. The van der Waals surface area contributed by atoms with Crippen molar-refractivity contribution in [1.29, 1.82) is 0 Å². The zero-order valence-electron chi connectivity index (χ0n) is 16.6. The van der Waals surface area contributed by atoms with E-state index in [1.54, 1.807) is 7.11 Å². The summed E-state index contributed by atoms with van der Waals surface area (Å²) in [4.78, 5) is 11.8. The molecule has 0 bridgehead atoms. The highest BCUT2D eigenvalue weighted by Gasteiger charge is 2.35. The van der Waals surface area contributed by atoms with Crippen LogP contribution in [0.1, 0.15) is 97.8 Å². The number of nitrogens with one attached hydrogen (secondary N) is 1. The molecule has 0 aliphatic heterocycles. The van der Waals surface area contributed by atoms with Gasteiger partial charge < -0.3 is 14.8 Å². The Kier molecular flexibility index (Phi) is 15.2. The molecule has 0 aromatic carbocycles. The zero-order valence-corrected chi connectivity index (χ0v) is 16.6. The Morgan fingerprint density at radius 2 is 1.50 bits per heavy atom. The predicted molar refractivity (Wildman–Crippen MR) is 102 cm³/mol. The minimum absolute atomic E-state index is 0.162. The Bertz CT molecular complexity index is 287. The minimum atomic E-state index is -0.209. The summed E-state index contributed by atoms with van der Waals surface area (Å²) < 4.78 is 10.2. The molecule has 0 unspecified atom stereocenters. The molecule has 1 amide bonds. The summed E-state index contributed by atoms with van der Waals surface area (Å²) in [5, 5.41) is 2.91. The van der Waals surface area contributed by atoms with Crippen LogP contribution in [-0.2, 0) is 9.47 Å². The molecule has 0 heterocycles. The van der Waals surface area contributed by atoms with Gasteiger partial charge in [0.05, 0.1) is 0 Å². The van der Waals surface area contributed by atoms with E-state index >= 15 is 0 Å². The lowest BCUT2D eigenvalue weighted by molar-refractivity contribution is 0.0131. The van der Waals surface area contributed by atoms with E-state index in [2.05, 4.69) is 23.9 Å². The van der Waals surface area contributed by atoms with Crippen molar-refractivity contribution in [2.24, 2.45) is 0 Å². The number of carbonyl (C=O) groups excluding carboxylic acids is 1. The number of carbonyl (C=O) groups is 1. The monoisotopic (exact) mass is 343 g/mol. The smallest absolute Gasteiger partial charge is 0.407 e. The van der Waals surface area contributed by atoms with Gasteiger partial charge in [0.25, 0.3) is 0 Å². The summed E-state index contributed by atoms with van der Waals surface area (Å²) in [6.07, 6.45) is 14.1. The van der Waals surface area contributed by atoms with E-state index in [-0.39, 0.29) is 11.7 Å². The van der Waals surface area contributed by atoms with Gasteiger partial charge in [0, 0.05) is 20.3 Å². The fraction of sp³-hybridized carbons (Fsp3) is 0.950. The predicted octanol–water partition coefficient (Wildman–Crippen LogP) is 5.84. The van der Waals surface area contributed by atoms with E-state index in [0.29, 0.717) is 0 Å². The lowest BCUT2D eigenvalue weighted by Crippen LogP contribution is -2.37. The van der Waals surface area contributed by atoms with Crippen LogP contribution in [-0.4, -0.2) is 32.0 Å². The molecule has 4 heteroatoms. The van der Waals surface area contributed by atoms with Crippen molar-refractivity contribution in [3.63, 3.8) is 0 Å². The van der Waals surface area contributed by atoms with Crippen LogP contribution in [0.2, 0.25) is 0 Å². The number of unbranched alkanes of at least 4 members (excludes halogenated alkanes) is 6. The van der Waals surface area contributed by atoms with Crippen molar-refractivity contribution in [2.45, 2.75) is 103 Å². The average Bonchev–Trinajstić information content (AvgIpc) is 3.06. The number of alkyl carbamates (subject to hydrolysis) is 1. The second-order valence-electron chi connectivity index (χ2n) is 6.76. The van der Waals surface area contributed by atoms with Gasteiger partial charge in [-0.3, -0.25) is 0 Å². The Morgan fingerprint density at radius 3 is 2.00 bits per heavy atom. The first kappa shape index (κ1) is 23.2. The maximum atomic E-state index is 11.8. The van der Waals surface area contributed by atoms with Crippen LogP contribution in [0, 0.1) is 0 Å². The van der Waals surface area contributed by atoms with Gasteiger partial charge in [-0.2, -0.15) is 0 Å². The van der Waals surface area contributed by atoms with Crippen LogP contribution in [0.5, 0.6) is 0 Å². The third-order valence-corrected chi connectivity index (χ3v) is 4.81. The summed E-state index contributed by atoms with van der Waals surface area (Å²) in [5.74, 6) is 0. The molecule has 0 aromatic heterocycles. The van der Waals surface area contributed by atoms with Gasteiger partial charge in [0.15, 0.2) is 0 Å². The number of ether oxygens (including phenoxy) is 2. The highest BCUT2D eigenvalue weighted by atomic mass is 16.6. The van der Waals surface area contributed by atoms with E-state index in [1.807, 2.05) is 6.92 Å². The van der Waals surface area contributed by atoms with Gasteiger partial charge in [0.2, 0.25) is 0 Å². The molecule has 0 atom stereocenters. The molecular weight excluding hydrogens is 302 g/mol. The number of rotatable bonds is 11. The molecule has 1 aliphatic carbocycles. The summed E-state index contributed by atoms with van der Waals surface area (Å²) in [7, 11) is 1.68. The molecule has 0 aromatic rings. The summed E-state index contributed by atoms with van der Waals surface area (Å²) >= 11 is 0. The van der Waals surface area contributed by atoms with E-state index in [4.69, 9.17) is 4.74 Å². The van der Waals surface area contributed by atoms with E-state index < -0.39 is 0 Å². The SMILES string of the molecule is CCCCCCCCCNC(=O)OC1(CC)CCCC1.CCOC. The fourth-order valence-corrected chi connectivity index (χ4v) is 3.05. The Morgan fingerprint density at radius 1 is 0.958 bits per heavy atom. The summed E-state index contributed by atoms with van der Waals surface area (Å²) in [5.41, 5.74) is -0.162. The molecule has 0 spiro atoms. The molecule has 1 N–H and O–H groups in total. The van der Waals surface area contributed by atoms with Crippen LogP contribution < -0.4 is 5.32 Å². The lowest BCUT2D eigenvalue weighted by Gasteiger charge is -2.27. The molecule has 1 aliphatic rings. The molecule has 144 valence electrons. The second kappa shape index (κ2) is 15.7. The van der Waals surface area contributed by atoms with Gasteiger partial charge >= 0.3 is 6.09 Å². The van der Waals surface area contributed by atoms with Crippen LogP contribution in [0.15, 0.2) is 0 Å². The average molecular weight is 344 g/mol. The number of hydrogen-bond donors (Lipinski definition) is 1. The third-order valence-electron chi connectivity index (χ3n) is 4.81. The van der Waals surface area contributed by atoms with E-state index in [9.17, 15) is 4.79 Å². The first-order valence-electron chi connectivity index (χ1n) is 10.1. The third kappa shape index (κ3) is 11.7. The summed E-state index contributed by atoms with van der Waals surface area (Å²) in [6.45, 7) is 7.89. The van der Waals surface area contributed by atoms with Gasteiger partial charge in [-0.25, -0.2) is 4.79 Å². The first-order chi connectivity index (χ1) is 11.6. The molecule has 1 rings (SSSR count). The summed E-state index contributed by atoms with van der Waals surface area (Å²) in [6, 6.07) is 0. The van der Waals surface area contributed by atoms with Gasteiger partial charge in [0.1, 0.15) is 5.60 Å². The maximum absolute atomic E-state index is 11.8. The Labute approximate surface area is 150 Å². The van der Waals surface area contributed by atoms with Crippen molar-refractivity contribution >= 4 is 6.09 Å². The van der Waals surface area contributed by atoms with Crippen molar-refractivity contribution in [2.75, 3.05) is 20.3 Å². The standard InChI is InChI=1S/C17H33NO2.C3H8O/c1-3-5-6-7-8-9-12-15-18-16(19)20-17(4-2)13-10-11-14-17;1-3-4-2/h3-15H2,1-2H3,(H,18,19);3H2,1-2H3. The second-order valence-corrected chi connectivity index (χ2v) is 6.76. The number of methoxy groups -OCH3 is 1. The zero-order chi connectivity index (χ0) is 18.1. The van der Waals surface area contributed by atoms with Crippen LogP contribution >= 0.6 is 0 Å². The Balaban J connectivity index is 0.00000118. The first-order valence-corrected chi connectivity index (χ1v) is 10.1. The van der Waals surface area contributed by atoms with Gasteiger partial charge in [-0.1, -0.05) is 52.4 Å². The van der Waals surface area contributed by atoms with E-state index in [1.165, 1.54) is 51.4 Å². The fourth-order valence-electron chi connectivity index (χ4n) is 3.05.